The number of rotatable bonds is 2. The highest BCUT2D eigenvalue weighted by Crippen LogP contribution is 2.41. The molecule has 3 rings (SSSR count). The second kappa shape index (κ2) is 6.19. The number of piperidine rings is 2. The van der Waals surface area contributed by atoms with Crippen LogP contribution >= 0.6 is 11.6 Å². The molecule has 0 bridgehead atoms. The van der Waals surface area contributed by atoms with Crippen LogP contribution in [0.1, 0.15) is 29.6 Å². The zero-order chi connectivity index (χ0) is 15.7. The van der Waals surface area contributed by atoms with Crippen molar-refractivity contribution in [1.82, 2.24) is 9.80 Å². The van der Waals surface area contributed by atoms with Gasteiger partial charge in [0.1, 0.15) is 0 Å². The van der Waals surface area contributed by atoms with Gasteiger partial charge in [-0.25, -0.2) is 0 Å². The minimum Gasteiger partial charge on any atom is -0.396 e. The van der Waals surface area contributed by atoms with Crippen LogP contribution in [0.2, 0.25) is 5.02 Å². The maximum absolute atomic E-state index is 12.7. The lowest BCUT2D eigenvalue weighted by Crippen LogP contribution is -2.62. The molecule has 1 aromatic rings. The highest BCUT2D eigenvalue weighted by Gasteiger charge is 2.47. The molecule has 1 aromatic carbocycles. The lowest BCUT2D eigenvalue weighted by atomic mass is 9.69. The topological polar surface area (TPSA) is 43.8 Å². The Morgan fingerprint density at radius 3 is 2.73 bits per heavy atom. The molecule has 2 aliphatic heterocycles. The molecular formula is C17H23ClN2O2. The van der Waals surface area contributed by atoms with Gasteiger partial charge in [-0.2, -0.15) is 0 Å². The Morgan fingerprint density at radius 2 is 2.05 bits per heavy atom. The molecule has 2 atom stereocenters. The summed E-state index contributed by atoms with van der Waals surface area (Å²) in [5.41, 5.74) is 0.642. The molecule has 0 saturated carbocycles. The standard InChI is InChI=1S/C17H23ClN2O2/c1-19-9-2-7-17(12-21)8-10-20(11-15(17)19)16(22)13-3-5-14(18)6-4-13/h3-6,15,21H,2,7-12H2,1H3/t15-,17-/m1/s1. The first-order valence-corrected chi connectivity index (χ1v) is 8.29. The minimum absolute atomic E-state index is 0.0379. The second-order valence-electron chi connectivity index (χ2n) is 6.63. The molecule has 0 aliphatic carbocycles. The van der Waals surface area contributed by atoms with E-state index in [-0.39, 0.29) is 24.0 Å². The van der Waals surface area contributed by atoms with E-state index in [0.29, 0.717) is 23.7 Å². The van der Waals surface area contributed by atoms with Crippen molar-refractivity contribution in [1.29, 1.82) is 0 Å². The third kappa shape index (κ3) is 2.75. The van der Waals surface area contributed by atoms with Gasteiger partial charge in [-0.1, -0.05) is 11.6 Å². The molecule has 120 valence electrons. The van der Waals surface area contributed by atoms with Gasteiger partial charge in [-0.15, -0.1) is 0 Å². The Morgan fingerprint density at radius 1 is 1.32 bits per heavy atom. The largest absolute Gasteiger partial charge is 0.396 e. The maximum Gasteiger partial charge on any atom is 0.253 e. The predicted molar refractivity (Wildman–Crippen MR) is 87.1 cm³/mol. The Labute approximate surface area is 136 Å². The molecule has 0 radical (unpaired) electrons. The first-order valence-electron chi connectivity index (χ1n) is 7.92. The van der Waals surface area contributed by atoms with Crippen molar-refractivity contribution in [3.8, 4) is 0 Å². The van der Waals surface area contributed by atoms with E-state index in [4.69, 9.17) is 11.6 Å². The van der Waals surface area contributed by atoms with Gasteiger partial charge in [-0.3, -0.25) is 4.79 Å². The molecule has 2 saturated heterocycles. The van der Waals surface area contributed by atoms with Crippen LogP contribution in [0, 0.1) is 5.41 Å². The Bertz CT molecular complexity index is 548. The van der Waals surface area contributed by atoms with Crippen LogP contribution < -0.4 is 0 Å². The van der Waals surface area contributed by atoms with E-state index in [2.05, 4.69) is 11.9 Å². The number of amides is 1. The third-order valence-electron chi connectivity index (χ3n) is 5.39. The first kappa shape index (κ1) is 15.8. The number of likely N-dealkylation sites (N-methyl/N-ethyl adjacent to an activating group) is 1. The Kier molecular flexibility index (Phi) is 4.44. The summed E-state index contributed by atoms with van der Waals surface area (Å²) in [7, 11) is 2.10. The van der Waals surface area contributed by atoms with E-state index in [1.807, 2.05) is 4.90 Å². The molecule has 0 spiro atoms. The van der Waals surface area contributed by atoms with Gasteiger partial charge in [0.2, 0.25) is 0 Å². The lowest BCUT2D eigenvalue weighted by Gasteiger charge is -2.53. The third-order valence-corrected chi connectivity index (χ3v) is 5.64. The average Bonchev–Trinajstić information content (AvgIpc) is 2.55. The smallest absolute Gasteiger partial charge is 0.253 e. The Balaban J connectivity index is 1.77. The number of halogens is 1. The monoisotopic (exact) mass is 322 g/mol. The summed E-state index contributed by atoms with van der Waals surface area (Å²) in [4.78, 5) is 16.9. The van der Waals surface area contributed by atoms with Gasteiger partial charge in [0.25, 0.3) is 5.91 Å². The lowest BCUT2D eigenvalue weighted by molar-refractivity contribution is -0.0601. The highest BCUT2D eigenvalue weighted by molar-refractivity contribution is 6.30. The zero-order valence-electron chi connectivity index (χ0n) is 13.0. The van der Waals surface area contributed by atoms with Crippen LogP contribution in [0.15, 0.2) is 24.3 Å². The molecule has 2 fully saturated rings. The fourth-order valence-corrected chi connectivity index (χ4v) is 4.10. The van der Waals surface area contributed by atoms with E-state index < -0.39 is 0 Å². The summed E-state index contributed by atoms with van der Waals surface area (Å²) in [6, 6.07) is 7.32. The van der Waals surface area contributed by atoms with Crippen molar-refractivity contribution in [3.05, 3.63) is 34.9 Å². The first-order chi connectivity index (χ1) is 10.6. The van der Waals surface area contributed by atoms with Gasteiger partial charge in [0, 0.05) is 35.1 Å². The number of carbonyl (C=O) groups is 1. The summed E-state index contributed by atoms with van der Waals surface area (Å²) in [6.07, 6.45) is 3.05. The van der Waals surface area contributed by atoms with E-state index in [1.54, 1.807) is 24.3 Å². The van der Waals surface area contributed by atoms with Crippen molar-refractivity contribution in [3.63, 3.8) is 0 Å². The van der Waals surface area contributed by atoms with Gasteiger partial charge in [0.05, 0.1) is 6.61 Å². The molecule has 2 aliphatic rings. The van der Waals surface area contributed by atoms with Crippen molar-refractivity contribution in [2.24, 2.45) is 5.41 Å². The number of likely N-dealkylation sites (tertiary alicyclic amines) is 2. The van der Waals surface area contributed by atoms with Crippen molar-refractivity contribution in [2.75, 3.05) is 33.3 Å². The minimum atomic E-state index is -0.0379. The van der Waals surface area contributed by atoms with Gasteiger partial charge in [-0.05, 0) is 57.1 Å². The highest BCUT2D eigenvalue weighted by atomic mass is 35.5. The fourth-order valence-electron chi connectivity index (χ4n) is 3.98. The Hall–Kier alpha value is -1.10. The second-order valence-corrected chi connectivity index (χ2v) is 7.06. The molecule has 0 aromatic heterocycles. The van der Waals surface area contributed by atoms with Crippen LogP contribution in [0.5, 0.6) is 0 Å². The fraction of sp³-hybridized carbons (Fsp3) is 0.588. The molecular weight excluding hydrogens is 300 g/mol. The molecule has 5 heteroatoms. The number of carbonyl (C=O) groups excluding carboxylic acids is 1. The number of nitrogens with zero attached hydrogens (tertiary/aromatic N) is 2. The quantitative estimate of drug-likeness (QED) is 0.908. The van der Waals surface area contributed by atoms with E-state index >= 15 is 0 Å². The number of hydrogen-bond acceptors (Lipinski definition) is 3. The molecule has 0 unspecified atom stereocenters. The molecule has 22 heavy (non-hydrogen) atoms. The molecule has 2 heterocycles. The summed E-state index contributed by atoms with van der Waals surface area (Å²) in [6.45, 7) is 2.66. The SMILES string of the molecule is CN1CCC[C@]2(CO)CCN(C(=O)c3ccc(Cl)cc3)C[C@@H]12. The summed E-state index contributed by atoms with van der Waals surface area (Å²) in [5.74, 6) is 0.0576. The van der Waals surface area contributed by atoms with Crippen molar-refractivity contribution < 1.29 is 9.90 Å². The summed E-state index contributed by atoms with van der Waals surface area (Å²) >= 11 is 5.89. The number of aliphatic hydroxyl groups excluding tert-OH is 1. The molecule has 4 nitrogen and oxygen atoms in total. The maximum atomic E-state index is 12.7. The van der Waals surface area contributed by atoms with E-state index in [9.17, 15) is 9.90 Å². The number of hydrogen-bond donors (Lipinski definition) is 1. The summed E-state index contributed by atoms with van der Waals surface area (Å²) in [5, 5.41) is 10.6. The molecule has 1 amide bonds. The van der Waals surface area contributed by atoms with E-state index in [1.165, 1.54) is 0 Å². The van der Waals surface area contributed by atoms with Crippen LogP contribution in [-0.2, 0) is 0 Å². The zero-order valence-corrected chi connectivity index (χ0v) is 13.7. The van der Waals surface area contributed by atoms with Gasteiger partial charge < -0.3 is 14.9 Å². The van der Waals surface area contributed by atoms with Crippen LogP contribution in [0.4, 0.5) is 0 Å². The molecule has 1 N–H and O–H groups in total. The van der Waals surface area contributed by atoms with Crippen LogP contribution in [-0.4, -0.2) is 60.1 Å². The van der Waals surface area contributed by atoms with Crippen molar-refractivity contribution >= 4 is 17.5 Å². The van der Waals surface area contributed by atoms with Gasteiger partial charge in [0.15, 0.2) is 0 Å². The van der Waals surface area contributed by atoms with Crippen LogP contribution in [0.3, 0.4) is 0 Å². The van der Waals surface area contributed by atoms with Crippen LogP contribution in [0.25, 0.3) is 0 Å². The normalized spacial score (nSPS) is 29.2. The van der Waals surface area contributed by atoms with E-state index in [0.717, 1.165) is 25.8 Å². The number of benzene rings is 1. The van der Waals surface area contributed by atoms with Crippen molar-refractivity contribution in [2.45, 2.75) is 25.3 Å². The summed E-state index contributed by atoms with van der Waals surface area (Å²) < 4.78 is 0. The number of aliphatic hydroxyl groups is 1. The predicted octanol–water partition coefficient (Wildman–Crippen LogP) is 2.26. The average molecular weight is 323 g/mol. The number of fused-ring (bicyclic) bond motifs is 1. The van der Waals surface area contributed by atoms with Gasteiger partial charge >= 0.3 is 0 Å².